The Balaban J connectivity index is 1.66. The zero-order valence-electron chi connectivity index (χ0n) is 21.6. The van der Waals surface area contributed by atoms with Crippen molar-refractivity contribution in [3.8, 4) is 22.6 Å². The Kier molecular flexibility index (Phi) is 8.08. The lowest BCUT2D eigenvalue weighted by molar-refractivity contribution is 0.0499. The van der Waals surface area contributed by atoms with Gasteiger partial charge in [-0.2, -0.15) is 0 Å². The predicted molar refractivity (Wildman–Crippen MR) is 147 cm³/mol. The maximum Gasteiger partial charge on any atom is 0.338 e. The standard InChI is InChI=1S/C31H31NO5/c1-5-6-15-37-31(34)22-11-13-25(14-12-22)32-30(33)24-16-23-18-28(35-3)29(36-4)19-27(23)26(17-24)21-9-7-20(2)8-10-21/h7-14,16-19H,5-6,15H2,1-4H3,(H,32,33). The van der Waals surface area contributed by atoms with Crippen LogP contribution in [0.5, 0.6) is 11.5 Å². The van der Waals surface area contributed by atoms with Gasteiger partial charge in [0.1, 0.15) is 0 Å². The largest absolute Gasteiger partial charge is 0.493 e. The summed E-state index contributed by atoms with van der Waals surface area (Å²) in [5.74, 6) is 0.578. The summed E-state index contributed by atoms with van der Waals surface area (Å²) in [5, 5.41) is 4.73. The lowest BCUT2D eigenvalue weighted by atomic mass is 9.94. The normalized spacial score (nSPS) is 10.7. The Hall–Kier alpha value is -4.32. The highest BCUT2D eigenvalue weighted by Crippen LogP contribution is 2.38. The van der Waals surface area contributed by atoms with Gasteiger partial charge in [-0.15, -0.1) is 0 Å². The first kappa shape index (κ1) is 25.8. The van der Waals surface area contributed by atoms with Crippen molar-refractivity contribution in [2.75, 3.05) is 26.1 Å². The molecule has 0 aromatic heterocycles. The van der Waals surface area contributed by atoms with Crippen LogP contribution in [0.15, 0.2) is 72.8 Å². The Morgan fingerprint density at radius 3 is 2.14 bits per heavy atom. The first-order valence-electron chi connectivity index (χ1n) is 12.3. The summed E-state index contributed by atoms with van der Waals surface area (Å²) >= 11 is 0. The molecule has 4 aromatic carbocycles. The van der Waals surface area contributed by atoms with E-state index < -0.39 is 0 Å². The summed E-state index contributed by atoms with van der Waals surface area (Å²) in [6, 6.07) is 22.4. The number of ether oxygens (including phenoxy) is 3. The number of aryl methyl sites for hydroxylation is 1. The first-order valence-corrected chi connectivity index (χ1v) is 12.3. The molecule has 4 rings (SSSR count). The molecule has 1 N–H and O–H groups in total. The molecule has 1 amide bonds. The van der Waals surface area contributed by atoms with Crippen molar-refractivity contribution in [2.24, 2.45) is 0 Å². The van der Waals surface area contributed by atoms with Gasteiger partial charge in [-0.25, -0.2) is 4.79 Å². The van der Waals surface area contributed by atoms with Gasteiger partial charge in [0.05, 0.1) is 26.4 Å². The van der Waals surface area contributed by atoms with Crippen molar-refractivity contribution in [2.45, 2.75) is 26.7 Å². The number of hydrogen-bond acceptors (Lipinski definition) is 5. The molecule has 0 spiro atoms. The van der Waals surface area contributed by atoms with Gasteiger partial charge in [-0.3, -0.25) is 4.79 Å². The minimum absolute atomic E-state index is 0.261. The third kappa shape index (κ3) is 5.92. The summed E-state index contributed by atoms with van der Waals surface area (Å²) in [6.45, 7) is 4.48. The number of hydrogen-bond donors (Lipinski definition) is 1. The zero-order valence-corrected chi connectivity index (χ0v) is 21.6. The lowest BCUT2D eigenvalue weighted by Gasteiger charge is -2.15. The van der Waals surface area contributed by atoms with E-state index >= 15 is 0 Å². The zero-order chi connectivity index (χ0) is 26.4. The number of amides is 1. The fourth-order valence-corrected chi connectivity index (χ4v) is 4.08. The van der Waals surface area contributed by atoms with Crippen LogP contribution in [-0.2, 0) is 4.74 Å². The SMILES string of the molecule is CCCCOC(=O)c1ccc(NC(=O)c2cc(-c3ccc(C)cc3)c3cc(OC)c(OC)cc3c2)cc1. The van der Waals surface area contributed by atoms with Crippen molar-refractivity contribution in [3.63, 3.8) is 0 Å². The number of unbranched alkanes of at least 4 members (excludes halogenated alkanes) is 1. The van der Waals surface area contributed by atoms with E-state index in [0.717, 1.165) is 40.3 Å². The van der Waals surface area contributed by atoms with Crippen LogP contribution >= 0.6 is 0 Å². The lowest BCUT2D eigenvalue weighted by Crippen LogP contribution is -2.12. The molecule has 0 aliphatic rings. The number of methoxy groups -OCH3 is 2. The second-order valence-corrected chi connectivity index (χ2v) is 8.84. The molecule has 6 nitrogen and oxygen atoms in total. The number of carbonyl (C=O) groups excluding carboxylic acids is 2. The molecule has 37 heavy (non-hydrogen) atoms. The monoisotopic (exact) mass is 497 g/mol. The van der Waals surface area contributed by atoms with E-state index in [4.69, 9.17) is 14.2 Å². The topological polar surface area (TPSA) is 73.9 Å². The average molecular weight is 498 g/mol. The molecule has 0 heterocycles. The number of esters is 1. The maximum atomic E-state index is 13.3. The third-order valence-corrected chi connectivity index (χ3v) is 6.19. The molecule has 4 aromatic rings. The van der Waals surface area contributed by atoms with E-state index in [9.17, 15) is 9.59 Å². The van der Waals surface area contributed by atoms with Crippen molar-refractivity contribution in [1.29, 1.82) is 0 Å². The molecule has 0 aliphatic heterocycles. The van der Waals surface area contributed by atoms with E-state index in [1.165, 1.54) is 0 Å². The van der Waals surface area contributed by atoms with Crippen LogP contribution in [0.25, 0.3) is 21.9 Å². The summed E-state index contributed by atoms with van der Waals surface area (Å²) in [7, 11) is 3.19. The van der Waals surface area contributed by atoms with Crippen LogP contribution in [0, 0.1) is 6.92 Å². The fourth-order valence-electron chi connectivity index (χ4n) is 4.08. The highest BCUT2D eigenvalue weighted by atomic mass is 16.5. The van der Waals surface area contributed by atoms with Gasteiger partial charge in [-0.05, 0) is 83.8 Å². The third-order valence-electron chi connectivity index (χ3n) is 6.19. The number of fused-ring (bicyclic) bond motifs is 1. The molecule has 0 saturated carbocycles. The Morgan fingerprint density at radius 2 is 1.49 bits per heavy atom. The molecular weight excluding hydrogens is 466 g/mol. The number of anilines is 1. The molecule has 0 bridgehead atoms. The number of benzene rings is 4. The van der Waals surface area contributed by atoms with E-state index in [1.807, 2.05) is 62.4 Å². The van der Waals surface area contributed by atoms with Gasteiger partial charge in [0.25, 0.3) is 5.91 Å². The molecule has 190 valence electrons. The fraction of sp³-hybridized carbons (Fsp3) is 0.226. The van der Waals surface area contributed by atoms with Crippen molar-refractivity contribution in [1.82, 2.24) is 0 Å². The van der Waals surface area contributed by atoms with Crippen molar-refractivity contribution >= 4 is 28.3 Å². The molecule has 0 aliphatic carbocycles. The minimum atomic E-state index is -0.368. The average Bonchev–Trinajstić information content (AvgIpc) is 2.92. The highest BCUT2D eigenvalue weighted by Gasteiger charge is 2.16. The van der Waals surface area contributed by atoms with Gasteiger partial charge >= 0.3 is 5.97 Å². The molecule has 0 radical (unpaired) electrons. The van der Waals surface area contributed by atoms with Crippen LogP contribution in [0.2, 0.25) is 0 Å². The molecule has 0 unspecified atom stereocenters. The maximum absolute atomic E-state index is 13.3. The first-order chi connectivity index (χ1) is 17.9. The van der Waals surface area contributed by atoms with E-state index in [1.54, 1.807) is 38.5 Å². The molecule has 6 heteroatoms. The van der Waals surface area contributed by atoms with Gasteiger partial charge in [0.2, 0.25) is 0 Å². The second kappa shape index (κ2) is 11.6. The number of rotatable bonds is 9. The van der Waals surface area contributed by atoms with Crippen LogP contribution in [0.1, 0.15) is 46.0 Å². The number of carbonyl (C=O) groups is 2. The van der Waals surface area contributed by atoms with Crippen LogP contribution in [-0.4, -0.2) is 32.7 Å². The highest BCUT2D eigenvalue weighted by molar-refractivity contribution is 6.10. The number of nitrogens with one attached hydrogen (secondary N) is 1. The Bertz CT molecular complexity index is 1410. The van der Waals surface area contributed by atoms with Crippen LogP contribution in [0.4, 0.5) is 5.69 Å². The molecule has 0 saturated heterocycles. The summed E-state index contributed by atoms with van der Waals surface area (Å²) in [5.41, 5.74) is 4.58. The van der Waals surface area contributed by atoms with Gasteiger partial charge in [0.15, 0.2) is 11.5 Å². The van der Waals surface area contributed by atoms with Gasteiger partial charge in [-0.1, -0.05) is 43.2 Å². The van der Waals surface area contributed by atoms with Gasteiger partial charge < -0.3 is 19.5 Å². The molecular formula is C31H31NO5. The smallest absolute Gasteiger partial charge is 0.338 e. The summed E-state index contributed by atoms with van der Waals surface area (Å²) in [6.07, 6.45) is 1.79. The van der Waals surface area contributed by atoms with Crippen molar-refractivity contribution < 1.29 is 23.8 Å². The van der Waals surface area contributed by atoms with E-state index in [-0.39, 0.29) is 11.9 Å². The summed E-state index contributed by atoms with van der Waals surface area (Å²) < 4.78 is 16.3. The Labute approximate surface area is 217 Å². The second-order valence-electron chi connectivity index (χ2n) is 8.84. The minimum Gasteiger partial charge on any atom is -0.493 e. The van der Waals surface area contributed by atoms with E-state index in [2.05, 4.69) is 5.32 Å². The molecule has 0 atom stereocenters. The Morgan fingerprint density at radius 1 is 0.811 bits per heavy atom. The van der Waals surface area contributed by atoms with Crippen LogP contribution < -0.4 is 14.8 Å². The summed E-state index contributed by atoms with van der Waals surface area (Å²) in [4.78, 5) is 25.5. The predicted octanol–water partition coefficient (Wildman–Crippen LogP) is 7.04. The quantitative estimate of drug-likeness (QED) is 0.198. The molecule has 0 fully saturated rings. The van der Waals surface area contributed by atoms with E-state index in [0.29, 0.717) is 34.9 Å². The van der Waals surface area contributed by atoms with Gasteiger partial charge in [0, 0.05) is 11.3 Å². The van der Waals surface area contributed by atoms with Crippen molar-refractivity contribution in [3.05, 3.63) is 89.5 Å². The van der Waals surface area contributed by atoms with Crippen LogP contribution in [0.3, 0.4) is 0 Å².